The van der Waals surface area contributed by atoms with Crippen LogP contribution >= 0.6 is 0 Å². The second-order valence-corrected chi connectivity index (χ2v) is 5.67. The molecule has 0 atom stereocenters. The van der Waals surface area contributed by atoms with Crippen LogP contribution in [-0.4, -0.2) is 27.4 Å². The van der Waals surface area contributed by atoms with Crippen LogP contribution in [0.1, 0.15) is 37.8 Å². The molecule has 4 nitrogen and oxygen atoms in total. The molecule has 0 spiro atoms. The summed E-state index contributed by atoms with van der Waals surface area (Å²) in [6.45, 7) is 7.40. The molecule has 0 saturated carbocycles. The summed E-state index contributed by atoms with van der Waals surface area (Å²) in [4.78, 5) is 0. The Balaban J connectivity index is 2.03. The fourth-order valence-electron chi connectivity index (χ4n) is 2.35. The van der Waals surface area contributed by atoms with E-state index in [1.165, 1.54) is 5.56 Å². The van der Waals surface area contributed by atoms with E-state index in [4.69, 9.17) is 0 Å². The van der Waals surface area contributed by atoms with Gasteiger partial charge in [0.2, 0.25) is 0 Å². The van der Waals surface area contributed by atoms with Crippen molar-refractivity contribution in [3.05, 3.63) is 41.6 Å². The molecule has 114 valence electrons. The Morgan fingerprint density at radius 3 is 2.48 bits per heavy atom. The molecule has 0 aliphatic carbocycles. The van der Waals surface area contributed by atoms with E-state index < -0.39 is 5.60 Å². The molecule has 1 aromatic heterocycles. The minimum Gasteiger partial charge on any atom is -0.389 e. The number of benzene rings is 1. The lowest BCUT2D eigenvalue weighted by molar-refractivity contribution is 0.0323. The van der Waals surface area contributed by atoms with Gasteiger partial charge < -0.3 is 10.4 Å². The van der Waals surface area contributed by atoms with Crippen LogP contribution in [0.4, 0.5) is 0 Å². The van der Waals surface area contributed by atoms with Gasteiger partial charge in [0, 0.05) is 18.7 Å². The first-order valence-electron chi connectivity index (χ1n) is 7.60. The fourth-order valence-corrected chi connectivity index (χ4v) is 2.35. The van der Waals surface area contributed by atoms with Crippen molar-refractivity contribution in [2.24, 2.45) is 0 Å². The Morgan fingerprint density at radius 1 is 1.19 bits per heavy atom. The zero-order valence-electron chi connectivity index (χ0n) is 13.1. The molecule has 0 radical (unpaired) electrons. The largest absolute Gasteiger partial charge is 0.389 e. The highest BCUT2D eigenvalue weighted by Gasteiger charge is 2.21. The second-order valence-electron chi connectivity index (χ2n) is 5.67. The molecule has 0 amide bonds. The van der Waals surface area contributed by atoms with Crippen LogP contribution in [0.2, 0.25) is 0 Å². The average molecular weight is 287 g/mol. The number of aromatic amines is 1. The van der Waals surface area contributed by atoms with E-state index in [1.807, 2.05) is 20.0 Å². The number of H-pyrrole nitrogens is 1. The van der Waals surface area contributed by atoms with Crippen LogP contribution < -0.4 is 5.32 Å². The number of aryl methyl sites for hydroxylation is 1. The molecule has 0 saturated heterocycles. The maximum atomic E-state index is 10.3. The second kappa shape index (κ2) is 6.87. The number of aliphatic hydroxyl groups is 1. The summed E-state index contributed by atoms with van der Waals surface area (Å²) in [5.74, 6) is 0. The molecule has 0 fully saturated rings. The number of nitrogens with zero attached hydrogens (tertiary/aromatic N) is 1. The average Bonchev–Trinajstić information content (AvgIpc) is 2.96. The van der Waals surface area contributed by atoms with Crippen LogP contribution in [0.5, 0.6) is 0 Å². The van der Waals surface area contributed by atoms with Crippen LogP contribution in [0.15, 0.2) is 30.5 Å². The van der Waals surface area contributed by atoms with Crippen molar-refractivity contribution < 1.29 is 5.11 Å². The van der Waals surface area contributed by atoms with Gasteiger partial charge in [0.25, 0.3) is 0 Å². The first-order valence-corrected chi connectivity index (χ1v) is 7.60. The normalized spacial score (nSPS) is 11.8. The van der Waals surface area contributed by atoms with Crippen molar-refractivity contribution in [2.75, 3.05) is 6.54 Å². The topological polar surface area (TPSA) is 60.9 Å². The van der Waals surface area contributed by atoms with Crippen molar-refractivity contribution in [1.82, 2.24) is 15.5 Å². The van der Waals surface area contributed by atoms with E-state index in [0.29, 0.717) is 13.1 Å². The number of rotatable bonds is 7. The third-order valence-electron chi connectivity index (χ3n) is 4.14. The zero-order valence-corrected chi connectivity index (χ0v) is 13.1. The van der Waals surface area contributed by atoms with E-state index >= 15 is 0 Å². The van der Waals surface area contributed by atoms with Gasteiger partial charge in [-0.25, -0.2) is 0 Å². The first kappa shape index (κ1) is 15.7. The highest BCUT2D eigenvalue weighted by Crippen LogP contribution is 2.21. The Labute approximate surface area is 126 Å². The van der Waals surface area contributed by atoms with Gasteiger partial charge in [-0.1, -0.05) is 43.7 Å². The molecule has 3 N–H and O–H groups in total. The molecular formula is C17H25N3O. The minimum absolute atomic E-state index is 0.596. The van der Waals surface area contributed by atoms with Crippen LogP contribution in [0.3, 0.4) is 0 Å². The molecule has 0 unspecified atom stereocenters. The molecule has 2 aromatic rings. The molecule has 4 heteroatoms. The predicted octanol–water partition coefficient (Wildman–Crippen LogP) is 3.03. The number of aromatic nitrogens is 2. The monoisotopic (exact) mass is 287 g/mol. The highest BCUT2D eigenvalue weighted by atomic mass is 16.3. The molecule has 21 heavy (non-hydrogen) atoms. The van der Waals surface area contributed by atoms with Crippen LogP contribution in [0, 0.1) is 6.92 Å². The number of hydrogen-bond acceptors (Lipinski definition) is 3. The summed E-state index contributed by atoms with van der Waals surface area (Å²) in [7, 11) is 0. The summed E-state index contributed by atoms with van der Waals surface area (Å²) in [6, 6.07) is 8.39. The molecule has 1 aromatic carbocycles. The summed E-state index contributed by atoms with van der Waals surface area (Å²) < 4.78 is 0. The van der Waals surface area contributed by atoms with Crippen molar-refractivity contribution in [1.29, 1.82) is 0 Å². The van der Waals surface area contributed by atoms with Crippen molar-refractivity contribution >= 4 is 0 Å². The summed E-state index contributed by atoms with van der Waals surface area (Å²) in [5, 5.41) is 20.8. The maximum absolute atomic E-state index is 10.3. The number of nitrogens with one attached hydrogen (secondary N) is 2. The minimum atomic E-state index is -0.617. The van der Waals surface area contributed by atoms with Crippen molar-refractivity contribution in [3.63, 3.8) is 0 Å². The van der Waals surface area contributed by atoms with Crippen molar-refractivity contribution in [3.8, 4) is 11.3 Å². The molecule has 2 rings (SSSR count). The number of hydrogen-bond donors (Lipinski definition) is 3. The first-order chi connectivity index (χ1) is 10.1. The lowest BCUT2D eigenvalue weighted by atomic mass is 9.97. The van der Waals surface area contributed by atoms with Gasteiger partial charge in [-0.05, 0) is 25.3 Å². The molecule has 0 bridgehead atoms. The van der Waals surface area contributed by atoms with Crippen molar-refractivity contribution in [2.45, 2.75) is 45.8 Å². The van der Waals surface area contributed by atoms with Crippen LogP contribution in [0.25, 0.3) is 11.3 Å². The molecule has 0 aliphatic rings. The van der Waals surface area contributed by atoms with E-state index in [2.05, 4.69) is 46.7 Å². The van der Waals surface area contributed by atoms with E-state index in [9.17, 15) is 5.11 Å². The lowest BCUT2D eigenvalue weighted by Gasteiger charge is -2.25. The standard InChI is InChI=1S/C17H25N3O/c1-4-17(21,5-2)12-18-10-15-11-19-20-16(15)14-8-6-13(3)7-9-14/h6-9,11,18,21H,4-5,10,12H2,1-3H3,(H,19,20). The Kier molecular flexibility index (Phi) is 5.15. The van der Waals surface area contributed by atoms with E-state index in [1.54, 1.807) is 0 Å². The Hall–Kier alpha value is -1.65. The highest BCUT2D eigenvalue weighted by molar-refractivity contribution is 5.62. The van der Waals surface area contributed by atoms with Gasteiger partial charge >= 0.3 is 0 Å². The van der Waals surface area contributed by atoms with Gasteiger partial charge in [-0.3, -0.25) is 5.10 Å². The van der Waals surface area contributed by atoms with Gasteiger partial charge in [0.15, 0.2) is 0 Å². The van der Waals surface area contributed by atoms with Gasteiger partial charge in [0.05, 0.1) is 17.5 Å². The van der Waals surface area contributed by atoms with E-state index in [0.717, 1.165) is 29.7 Å². The van der Waals surface area contributed by atoms with Gasteiger partial charge in [-0.2, -0.15) is 5.10 Å². The lowest BCUT2D eigenvalue weighted by Crippen LogP contribution is -2.39. The quantitative estimate of drug-likeness (QED) is 0.733. The Bertz CT molecular complexity index is 556. The molecular weight excluding hydrogens is 262 g/mol. The predicted molar refractivity (Wildman–Crippen MR) is 86.0 cm³/mol. The van der Waals surface area contributed by atoms with Gasteiger partial charge in [-0.15, -0.1) is 0 Å². The summed E-state index contributed by atoms with van der Waals surface area (Å²) in [6.07, 6.45) is 3.36. The SMILES string of the molecule is CCC(O)(CC)CNCc1cn[nH]c1-c1ccc(C)cc1. The molecule has 1 heterocycles. The van der Waals surface area contributed by atoms with Crippen LogP contribution in [-0.2, 0) is 6.54 Å². The summed E-state index contributed by atoms with van der Waals surface area (Å²) >= 11 is 0. The third-order valence-corrected chi connectivity index (χ3v) is 4.14. The molecule has 0 aliphatic heterocycles. The Morgan fingerprint density at radius 2 is 1.86 bits per heavy atom. The zero-order chi connectivity index (χ0) is 15.3. The third kappa shape index (κ3) is 3.93. The van der Waals surface area contributed by atoms with E-state index in [-0.39, 0.29) is 0 Å². The maximum Gasteiger partial charge on any atom is 0.0766 e. The van der Waals surface area contributed by atoms with Gasteiger partial charge in [0.1, 0.15) is 0 Å². The smallest absolute Gasteiger partial charge is 0.0766 e. The fraction of sp³-hybridized carbons (Fsp3) is 0.471. The summed E-state index contributed by atoms with van der Waals surface area (Å²) in [5.41, 5.74) is 3.92.